The molecule has 0 aliphatic carbocycles. The van der Waals surface area contributed by atoms with Crippen LogP contribution < -0.4 is 0 Å². The number of hydrogen-bond acceptors (Lipinski definition) is 1. The normalized spacial score (nSPS) is 14.7. The molecule has 0 amide bonds. The Balaban J connectivity index is 2.99. The molecule has 0 nitrogen and oxygen atoms in total. The van der Waals surface area contributed by atoms with E-state index in [9.17, 15) is 17.6 Å². The number of rotatable bonds is 3. The van der Waals surface area contributed by atoms with Crippen LogP contribution in [0.4, 0.5) is 17.6 Å². The van der Waals surface area contributed by atoms with Gasteiger partial charge >= 0.3 is 12.3 Å². The molecule has 0 bridgehead atoms. The van der Waals surface area contributed by atoms with Gasteiger partial charge in [-0.1, -0.05) is 15.9 Å². The molecule has 1 aromatic rings. The van der Waals surface area contributed by atoms with Crippen molar-refractivity contribution in [2.75, 3.05) is 0 Å². The molecular weight excluding hydrogens is 432 g/mol. The first kappa shape index (κ1) is 13.9. The van der Waals surface area contributed by atoms with Crippen molar-refractivity contribution in [3.63, 3.8) is 0 Å². The third-order valence-corrected chi connectivity index (χ3v) is 6.27. The van der Waals surface area contributed by atoms with Crippen LogP contribution in [0.3, 0.4) is 0 Å². The van der Waals surface area contributed by atoms with E-state index in [-0.39, 0.29) is 4.88 Å². The lowest BCUT2D eigenvalue weighted by Crippen LogP contribution is -2.30. The zero-order valence-corrected chi connectivity index (χ0v) is 12.4. The van der Waals surface area contributed by atoms with Gasteiger partial charge in [-0.3, -0.25) is 0 Å². The van der Waals surface area contributed by atoms with Gasteiger partial charge in [-0.2, -0.15) is 8.78 Å². The van der Waals surface area contributed by atoms with E-state index < -0.39 is 17.2 Å². The fourth-order valence-corrected chi connectivity index (χ4v) is 3.52. The summed E-state index contributed by atoms with van der Waals surface area (Å²) >= 11 is 9.78. The molecule has 1 unspecified atom stereocenters. The molecule has 1 heterocycles. The molecule has 15 heavy (non-hydrogen) atoms. The second kappa shape index (κ2) is 5.01. The van der Waals surface area contributed by atoms with Gasteiger partial charge in [0.25, 0.3) is 0 Å². The summed E-state index contributed by atoms with van der Waals surface area (Å²) in [5.74, 6) is -4.08. The molecule has 0 radical (unpaired) electrons. The predicted molar refractivity (Wildman–Crippen MR) is 62.3 cm³/mol. The van der Waals surface area contributed by atoms with Crippen molar-refractivity contribution in [2.24, 2.45) is 0 Å². The lowest BCUT2D eigenvalue weighted by atomic mass is 10.2. The minimum Gasteiger partial charge on any atom is -0.204 e. The van der Waals surface area contributed by atoms with E-state index in [1.165, 1.54) is 6.07 Å². The monoisotopic (exact) mass is 432 g/mol. The van der Waals surface area contributed by atoms with Crippen LogP contribution >= 0.6 is 59.1 Å². The molecule has 1 atom stereocenters. The first-order chi connectivity index (χ1) is 6.76. The summed E-state index contributed by atoms with van der Waals surface area (Å²) in [6, 6.07) is 1.38. The van der Waals surface area contributed by atoms with Crippen molar-refractivity contribution in [2.45, 2.75) is 17.2 Å². The van der Waals surface area contributed by atoms with E-state index in [0.29, 0.717) is 8.26 Å². The molecule has 0 aliphatic rings. The summed E-state index contributed by atoms with van der Waals surface area (Å²) in [6.45, 7) is 0. The molecule has 0 fully saturated rings. The Morgan fingerprint density at radius 1 is 1.27 bits per heavy atom. The fourth-order valence-electron chi connectivity index (χ4n) is 0.789. The highest BCUT2D eigenvalue weighted by molar-refractivity contribution is 9.13. The van der Waals surface area contributed by atoms with Gasteiger partial charge in [-0.05, 0) is 37.9 Å². The quantitative estimate of drug-likeness (QED) is 0.428. The van der Waals surface area contributed by atoms with Crippen molar-refractivity contribution in [1.82, 2.24) is 0 Å². The average Bonchev–Trinajstić information content (AvgIpc) is 2.45. The highest BCUT2D eigenvalue weighted by Crippen LogP contribution is 2.47. The smallest absolute Gasteiger partial charge is 0.204 e. The van der Waals surface area contributed by atoms with E-state index in [1.54, 1.807) is 0 Å². The zero-order valence-electron chi connectivity index (χ0n) is 6.79. The van der Waals surface area contributed by atoms with E-state index in [2.05, 4.69) is 47.8 Å². The number of halogens is 7. The Kier molecular flexibility index (Phi) is 4.65. The van der Waals surface area contributed by atoms with Gasteiger partial charge in [0.05, 0.1) is 3.79 Å². The van der Waals surface area contributed by atoms with Gasteiger partial charge in [-0.15, -0.1) is 11.3 Å². The second-order valence-corrected chi connectivity index (χ2v) is 6.78. The first-order valence-electron chi connectivity index (χ1n) is 3.51. The Labute approximate surface area is 112 Å². The van der Waals surface area contributed by atoms with Crippen LogP contribution in [0, 0.1) is 0 Å². The Morgan fingerprint density at radius 2 is 1.80 bits per heavy atom. The van der Waals surface area contributed by atoms with Gasteiger partial charge in [0.1, 0.15) is 4.83 Å². The van der Waals surface area contributed by atoms with Crippen molar-refractivity contribution < 1.29 is 17.6 Å². The number of thiophene rings is 1. The first-order valence-corrected chi connectivity index (χ1v) is 6.83. The summed E-state index contributed by atoms with van der Waals surface area (Å²) in [5.41, 5.74) is 0. The molecule has 1 aromatic heterocycles. The van der Waals surface area contributed by atoms with Gasteiger partial charge in [0.2, 0.25) is 0 Å². The van der Waals surface area contributed by atoms with Crippen molar-refractivity contribution in [3.8, 4) is 0 Å². The fraction of sp³-hybridized carbons (Fsp3) is 0.429. The van der Waals surface area contributed by atoms with Crippen molar-refractivity contribution in [3.05, 3.63) is 19.2 Å². The van der Waals surface area contributed by atoms with Crippen molar-refractivity contribution >= 4 is 59.1 Å². The predicted octanol–water partition coefficient (Wildman–Crippen LogP) is 5.61. The summed E-state index contributed by atoms with van der Waals surface area (Å²) in [4.78, 5) is -1.54. The Morgan fingerprint density at radius 3 is 2.13 bits per heavy atom. The molecule has 0 saturated carbocycles. The highest BCUT2D eigenvalue weighted by atomic mass is 79.9. The maximum Gasteiger partial charge on any atom is 0.324 e. The third-order valence-electron chi connectivity index (χ3n) is 1.54. The number of hydrogen-bond donors (Lipinski definition) is 0. The van der Waals surface area contributed by atoms with E-state index in [0.717, 1.165) is 11.3 Å². The molecular formula is C7H3Br3F4S. The standard InChI is InChI=1S/C7H3Br3F4S/c8-2-1-3(15-5(2)10)4(9)7(13,14)6(11)12/h1,4,6H. The van der Waals surface area contributed by atoms with Crippen LogP contribution in [0.15, 0.2) is 14.3 Å². The lowest BCUT2D eigenvalue weighted by molar-refractivity contribution is -0.127. The summed E-state index contributed by atoms with van der Waals surface area (Å²) in [7, 11) is 0. The zero-order chi connectivity index (χ0) is 11.8. The summed E-state index contributed by atoms with van der Waals surface area (Å²) < 4.78 is 51.2. The molecule has 0 saturated heterocycles. The lowest BCUT2D eigenvalue weighted by Gasteiger charge is -2.19. The molecule has 8 heteroatoms. The topological polar surface area (TPSA) is 0 Å². The number of alkyl halides is 5. The molecule has 0 aromatic carbocycles. The van der Waals surface area contributed by atoms with Crippen LogP contribution in [0.1, 0.15) is 9.70 Å². The van der Waals surface area contributed by atoms with Gasteiger partial charge in [0, 0.05) is 9.35 Å². The van der Waals surface area contributed by atoms with E-state index in [4.69, 9.17) is 0 Å². The van der Waals surface area contributed by atoms with E-state index >= 15 is 0 Å². The van der Waals surface area contributed by atoms with Crippen LogP contribution in [-0.4, -0.2) is 12.3 Å². The van der Waals surface area contributed by atoms with Crippen LogP contribution in [0.25, 0.3) is 0 Å². The minimum absolute atomic E-state index is 0.138. The largest absolute Gasteiger partial charge is 0.324 e. The SMILES string of the molecule is FC(F)C(F)(F)C(Br)c1cc(Br)c(Br)s1. The summed E-state index contributed by atoms with van der Waals surface area (Å²) in [6.07, 6.45) is -3.69. The maximum absolute atomic E-state index is 12.9. The van der Waals surface area contributed by atoms with Crippen LogP contribution in [0.2, 0.25) is 0 Å². The molecule has 0 N–H and O–H groups in total. The van der Waals surface area contributed by atoms with Crippen molar-refractivity contribution in [1.29, 1.82) is 0 Å². The van der Waals surface area contributed by atoms with E-state index in [1.807, 2.05) is 0 Å². The molecule has 0 aliphatic heterocycles. The third kappa shape index (κ3) is 2.95. The maximum atomic E-state index is 12.9. The van der Waals surface area contributed by atoms with Crippen LogP contribution in [-0.2, 0) is 0 Å². The van der Waals surface area contributed by atoms with Crippen LogP contribution in [0.5, 0.6) is 0 Å². The molecule has 1 rings (SSSR count). The van der Waals surface area contributed by atoms with Gasteiger partial charge in [0.15, 0.2) is 0 Å². The second-order valence-electron chi connectivity index (χ2n) is 2.61. The average molecular weight is 435 g/mol. The highest BCUT2D eigenvalue weighted by Gasteiger charge is 2.48. The minimum atomic E-state index is -4.08. The van der Waals surface area contributed by atoms with Gasteiger partial charge in [-0.25, -0.2) is 8.78 Å². The summed E-state index contributed by atoms with van der Waals surface area (Å²) in [5, 5.41) is 0. The molecule has 86 valence electrons. The Hall–Kier alpha value is 0.860. The molecule has 0 spiro atoms. The van der Waals surface area contributed by atoms with Gasteiger partial charge < -0.3 is 0 Å². The Bertz CT molecular complexity index is 333.